The summed E-state index contributed by atoms with van der Waals surface area (Å²) >= 11 is 0. The Bertz CT molecular complexity index is 785. The van der Waals surface area contributed by atoms with Crippen molar-refractivity contribution in [2.45, 2.75) is 19.9 Å². The molecule has 2 aromatic carbocycles. The van der Waals surface area contributed by atoms with E-state index in [4.69, 9.17) is 4.74 Å². The molecule has 0 atom stereocenters. The number of ether oxygens (including phenoxy) is 1. The fraction of sp³-hybridized carbons (Fsp3) is 0.381. The van der Waals surface area contributed by atoms with Crippen molar-refractivity contribution in [3.63, 3.8) is 0 Å². The first-order chi connectivity index (χ1) is 12.6. The lowest BCUT2D eigenvalue weighted by atomic mass is 9.77. The van der Waals surface area contributed by atoms with E-state index < -0.39 is 0 Å². The standard InChI is InChI=1S/C21H25N3O2/c1-21(12-16-5-3-2-4-6-16)14-24(15-21)20(25)23-18-7-8-19-17(11-18)13-22-9-10-26-19/h2-8,11,22H,9-10,12-15H2,1H3,(H,23,25). The molecule has 0 saturated carbocycles. The second-order valence-electron chi connectivity index (χ2n) is 7.61. The van der Waals surface area contributed by atoms with Crippen LogP contribution in [0.4, 0.5) is 10.5 Å². The highest BCUT2D eigenvalue weighted by atomic mass is 16.5. The van der Waals surface area contributed by atoms with Crippen LogP contribution >= 0.6 is 0 Å². The van der Waals surface area contributed by atoms with Gasteiger partial charge in [0, 0.05) is 42.8 Å². The van der Waals surface area contributed by atoms with E-state index in [0.717, 1.165) is 49.6 Å². The average molecular weight is 351 g/mol. The van der Waals surface area contributed by atoms with Crippen molar-refractivity contribution in [1.82, 2.24) is 10.2 Å². The number of likely N-dealkylation sites (tertiary alicyclic amines) is 1. The van der Waals surface area contributed by atoms with Crippen molar-refractivity contribution >= 4 is 11.7 Å². The third-order valence-corrected chi connectivity index (χ3v) is 5.07. The van der Waals surface area contributed by atoms with Gasteiger partial charge in [-0.2, -0.15) is 0 Å². The van der Waals surface area contributed by atoms with Crippen LogP contribution in [0.1, 0.15) is 18.1 Å². The van der Waals surface area contributed by atoms with E-state index in [0.29, 0.717) is 6.61 Å². The van der Waals surface area contributed by atoms with E-state index in [1.165, 1.54) is 5.56 Å². The topological polar surface area (TPSA) is 53.6 Å². The number of nitrogens with one attached hydrogen (secondary N) is 2. The number of fused-ring (bicyclic) bond motifs is 1. The summed E-state index contributed by atoms with van der Waals surface area (Å²) in [5.74, 6) is 0.896. The minimum absolute atomic E-state index is 0.0296. The Kier molecular flexibility index (Phi) is 4.55. The van der Waals surface area contributed by atoms with Gasteiger partial charge in [-0.3, -0.25) is 0 Å². The Morgan fingerprint density at radius 2 is 2.04 bits per heavy atom. The van der Waals surface area contributed by atoms with Crippen LogP contribution in [0.25, 0.3) is 0 Å². The molecule has 0 aromatic heterocycles. The van der Waals surface area contributed by atoms with E-state index in [-0.39, 0.29) is 11.4 Å². The number of anilines is 1. The summed E-state index contributed by atoms with van der Waals surface area (Å²) < 4.78 is 5.69. The zero-order chi connectivity index (χ0) is 18.0. The molecule has 1 fully saturated rings. The van der Waals surface area contributed by atoms with Crippen molar-refractivity contribution in [2.75, 3.05) is 31.6 Å². The van der Waals surface area contributed by atoms with Gasteiger partial charge in [0.1, 0.15) is 12.4 Å². The molecule has 26 heavy (non-hydrogen) atoms. The Labute approximate surface area is 154 Å². The monoisotopic (exact) mass is 351 g/mol. The molecule has 0 spiro atoms. The van der Waals surface area contributed by atoms with Gasteiger partial charge in [-0.05, 0) is 30.2 Å². The van der Waals surface area contributed by atoms with E-state index in [1.807, 2.05) is 29.2 Å². The van der Waals surface area contributed by atoms with Gasteiger partial charge in [0.2, 0.25) is 0 Å². The third kappa shape index (κ3) is 3.68. The van der Waals surface area contributed by atoms with Crippen molar-refractivity contribution in [1.29, 1.82) is 0 Å². The molecule has 0 aliphatic carbocycles. The molecule has 2 N–H and O–H groups in total. The molecule has 2 heterocycles. The molecular weight excluding hydrogens is 326 g/mol. The normalized spacial score (nSPS) is 18.1. The number of amides is 2. The number of nitrogens with zero attached hydrogens (tertiary/aromatic N) is 1. The summed E-state index contributed by atoms with van der Waals surface area (Å²) in [5, 5.41) is 6.33. The second kappa shape index (κ2) is 7.00. The molecule has 0 bridgehead atoms. The average Bonchev–Trinajstić information content (AvgIpc) is 2.85. The Morgan fingerprint density at radius 3 is 2.85 bits per heavy atom. The molecule has 1 saturated heterocycles. The van der Waals surface area contributed by atoms with Crippen molar-refractivity contribution < 1.29 is 9.53 Å². The summed E-state index contributed by atoms with van der Waals surface area (Å²) in [6.45, 7) is 6.08. The lowest BCUT2D eigenvalue weighted by Crippen LogP contribution is -2.59. The summed E-state index contributed by atoms with van der Waals surface area (Å²) in [6, 6.07) is 16.3. The number of carbonyl (C=O) groups is 1. The Hall–Kier alpha value is -2.53. The van der Waals surface area contributed by atoms with E-state index in [2.05, 4.69) is 41.8 Å². The molecule has 4 rings (SSSR count). The maximum atomic E-state index is 12.5. The largest absolute Gasteiger partial charge is 0.492 e. The molecule has 2 aliphatic heterocycles. The number of urea groups is 1. The Balaban J connectivity index is 1.34. The number of carbonyl (C=O) groups excluding carboxylic acids is 1. The maximum absolute atomic E-state index is 12.5. The number of hydrogen-bond acceptors (Lipinski definition) is 3. The van der Waals surface area contributed by atoms with Crippen LogP contribution in [0.3, 0.4) is 0 Å². The first-order valence-corrected chi connectivity index (χ1v) is 9.18. The second-order valence-corrected chi connectivity index (χ2v) is 7.61. The lowest BCUT2D eigenvalue weighted by molar-refractivity contribution is 0.0532. The van der Waals surface area contributed by atoms with Crippen LogP contribution in [-0.2, 0) is 13.0 Å². The van der Waals surface area contributed by atoms with Gasteiger partial charge >= 0.3 is 6.03 Å². The van der Waals surface area contributed by atoms with Gasteiger partial charge in [0.05, 0.1) is 0 Å². The van der Waals surface area contributed by atoms with Crippen LogP contribution in [0.15, 0.2) is 48.5 Å². The fourth-order valence-electron chi connectivity index (χ4n) is 3.81. The first kappa shape index (κ1) is 16.9. The van der Waals surface area contributed by atoms with Gasteiger partial charge in [0.25, 0.3) is 0 Å². The molecule has 0 radical (unpaired) electrons. The van der Waals surface area contributed by atoms with Gasteiger partial charge in [0.15, 0.2) is 0 Å². The minimum atomic E-state index is -0.0296. The molecule has 2 aromatic rings. The van der Waals surface area contributed by atoms with Crippen molar-refractivity contribution in [3.05, 3.63) is 59.7 Å². The van der Waals surface area contributed by atoms with Crippen LogP contribution in [0, 0.1) is 5.41 Å². The highest BCUT2D eigenvalue weighted by Crippen LogP contribution is 2.34. The molecule has 2 amide bonds. The first-order valence-electron chi connectivity index (χ1n) is 9.18. The number of benzene rings is 2. The molecule has 0 unspecified atom stereocenters. The maximum Gasteiger partial charge on any atom is 0.321 e. The zero-order valence-corrected chi connectivity index (χ0v) is 15.1. The number of rotatable bonds is 3. The minimum Gasteiger partial charge on any atom is -0.492 e. The van der Waals surface area contributed by atoms with Crippen LogP contribution < -0.4 is 15.4 Å². The summed E-state index contributed by atoms with van der Waals surface area (Å²) in [4.78, 5) is 14.4. The van der Waals surface area contributed by atoms with Crippen LogP contribution in [0.2, 0.25) is 0 Å². The summed E-state index contributed by atoms with van der Waals surface area (Å²) in [6.07, 6.45) is 0.999. The smallest absolute Gasteiger partial charge is 0.321 e. The summed E-state index contributed by atoms with van der Waals surface area (Å²) in [7, 11) is 0. The third-order valence-electron chi connectivity index (χ3n) is 5.07. The predicted molar refractivity (Wildman–Crippen MR) is 102 cm³/mol. The highest BCUT2D eigenvalue weighted by molar-refractivity contribution is 5.90. The molecule has 2 aliphatic rings. The quantitative estimate of drug-likeness (QED) is 0.892. The lowest BCUT2D eigenvalue weighted by Gasteiger charge is -2.48. The van der Waals surface area contributed by atoms with E-state index in [1.54, 1.807) is 0 Å². The molecule has 5 nitrogen and oxygen atoms in total. The van der Waals surface area contributed by atoms with Gasteiger partial charge in [-0.15, -0.1) is 0 Å². The van der Waals surface area contributed by atoms with Crippen molar-refractivity contribution in [2.24, 2.45) is 5.41 Å². The van der Waals surface area contributed by atoms with Gasteiger partial charge in [-0.25, -0.2) is 4.79 Å². The van der Waals surface area contributed by atoms with Gasteiger partial charge < -0.3 is 20.3 Å². The Morgan fingerprint density at radius 1 is 1.23 bits per heavy atom. The molecule has 136 valence electrons. The highest BCUT2D eigenvalue weighted by Gasteiger charge is 2.41. The SMILES string of the molecule is CC1(Cc2ccccc2)CN(C(=O)Nc2ccc3c(c2)CNCCO3)C1. The van der Waals surface area contributed by atoms with E-state index >= 15 is 0 Å². The van der Waals surface area contributed by atoms with Crippen LogP contribution in [-0.4, -0.2) is 37.2 Å². The van der Waals surface area contributed by atoms with Crippen molar-refractivity contribution in [3.8, 4) is 5.75 Å². The predicted octanol–water partition coefficient (Wildman–Crippen LogP) is 3.27. The van der Waals surface area contributed by atoms with Crippen LogP contribution in [0.5, 0.6) is 5.75 Å². The summed E-state index contributed by atoms with van der Waals surface area (Å²) in [5.41, 5.74) is 3.38. The molecule has 5 heteroatoms. The fourth-order valence-corrected chi connectivity index (χ4v) is 3.81. The van der Waals surface area contributed by atoms with E-state index in [9.17, 15) is 4.79 Å². The molecular formula is C21H25N3O2. The number of hydrogen-bond donors (Lipinski definition) is 2. The zero-order valence-electron chi connectivity index (χ0n) is 15.1. The van der Waals surface area contributed by atoms with Gasteiger partial charge in [-0.1, -0.05) is 37.3 Å².